The number of hydrogen-bond acceptors (Lipinski definition) is 3. The van der Waals surface area contributed by atoms with Gasteiger partial charge in [-0.05, 0) is 55.2 Å². The number of amides is 1. The van der Waals surface area contributed by atoms with Crippen molar-refractivity contribution in [1.82, 2.24) is 4.90 Å². The zero-order valence-corrected chi connectivity index (χ0v) is 17.8. The van der Waals surface area contributed by atoms with Gasteiger partial charge >= 0.3 is 6.09 Å². The molecule has 0 aliphatic heterocycles. The van der Waals surface area contributed by atoms with Crippen molar-refractivity contribution in [2.75, 3.05) is 13.7 Å². The maximum Gasteiger partial charge on any atom is 0.409 e. The topological polar surface area (TPSA) is 55.6 Å². The smallest absolute Gasteiger partial charge is 0.409 e. The highest BCUT2D eigenvalue weighted by atomic mass is 79.9. The third kappa shape index (κ3) is 5.42. The Morgan fingerprint density at radius 2 is 1.89 bits per heavy atom. The van der Waals surface area contributed by atoms with Gasteiger partial charge in [0.2, 0.25) is 0 Å². The first-order valence-corrected chi connectivity index (χ1v) is 9.86. The van der Waals surface area contributed by atoms with Gasteiger partial charge in [0.05, 0.1) is 13.2 Å². The second kappa shape index (κ2) is 9.85. The summed E-state index contributed by atoms with van der Waals surface area (Å²) in [6.45, 7) is 6.12. The Bertz CT molecular complexity index is 795. The molecule has 0 bridgehead atoms. The molecular weight excluding hydrogens is 423 g/mol. The van der Waals surface area contributed by atoms with Gasteiger partial charge < -0.3 is 15.4 Å². The number of benzene rings is 2. The van der Waals surface area contributed by atoms with Crippen molar-refractivity contribution in [2.24, 2.45) is 5.73 Å². The second-order valence-electron chi connectivity index (χ2n) is 6.80. The number of hydrogen-bond donors (Lipinski definition) is 1. The van der Waals surface area contributed by atoms with Crippen LogP contribution in [0.5, 0.6) is 0 Å². The quantitative estimate of drug-likeness (QED) is 0.539. The lowest BCUT2D eigenvalue weighted by Crippen LogP contribution is -2.42. The Morgan fingerprint density at radius 1 is 1.29 bits per heavy atom. The van der Waals surface area contributed by atoms with Crippen molar-refractivity contribution in [3.8, 4) is 0 Å². The van der Waals surface area contributed by atoms with Gasteiger partial charge in [-0.3, -0.25) is 0 Å². The van der Waals surface area contributed by atoms with E-state index in [-0.39, 0.29) is 11.9 Å². The van der Waals surface area contributed by atoms with Crippen LogP contribution in [0.3, 0.4) is 0 Å². The second-order valence-corrected chi connectivity index (χ2v) is 7.71. The SMILES string of the molecule is C=CCC(N)(CCN(C(=O)OC)C(C)c1ccc(Br)cc1)c1ccc(F)cc1. The molecule has 2 aromatic rings. The molecule has 1 amide bonds. The Balaban J connectivity index is 2.24. The fourth-order valence-corrected chi connectivity index (χ4v) is 3.47. The molecule has 0 spiro atoms. The van der Waals surface area contributed by atoms with Crippen molar-refractivity contribution in [3.63, 3.8) is 0 Å². The molecule has 0 aliphatic carbocycles. The molecule has 6 heteroatoms. The number of ether oxygens (including phenoxy) is 1. The molecule has 150 valence electrons. The maximum absolute atomic E-state index is 13.3. The van der Waals surface area contributed by atoms with Crippen LogP contribution in [0.4, 0.5) is 9.18 Å². The summed E-state index contributed by atoms with van der Waals surface area (Å²) < 4.78 is 19.3. The third-order valence-corrected chi connectivity index (χ3v) is 5.48. The van der Waals surface area contributed by atoms with E-state index in [2.05, 4.69) is 22.5 Å². The summed E-state index contributed by atoms with van der Waals surface area (Å²) in [6, 6.07) is 13.7. The fourth-order valence-electron chi connectivity index (χ4n) is 3.21. The molecule has 2 atom stereocenters. The first-order valence-electron chi connectivity index (χ1n) is 9.06. The van der Waals surface area contributed by atoms with Crippen molar-refractivity contribution in [1.29, 1.82) is 0 Å². The molecule has 0 heterocycles. The fraction of sp³-hybridized carbons (Fsp3) is 0.318. The third-order valence-electron chi connectivity index (χ3n) is 4.96. The maximum atomic E-state index is 13.3. The number of nitrogens with two attached hydrogens (primary N) is 1. The van der Waals surface area contributed by atoms with Crippen LogP contribution in [0.1, 0.15) is 36.9 Å². The van der Waals surface area contributed by atoms with Crippen LogP contribution in [0.15, 0.2) is 65.7 Å². The van der Waals surface area contributed by atoms with Crippen LogP contribution in [0, 0.1) is 5.82 Å². The minimum Gasteiger partial charge on any atom is -0.453 e. The molecule has 4 nitrogen and oxygen atoms in total. The van der Waals surface area contributed by atoms with Crippen LogP contribution in [-0.4, -0.2) is 24.6 Å². The molecule has 0 saturated heterocycles. The molecule has 2 aromatic carbocycles. The van der Waals surface area contributed by atoms with Gasteiger partial charge in [0.1, 0.15) is 5.82 Å². The van der Waals surface area contributed by atoms with E-state index >= 15 is 0 Å². The van der Waals surface area contributed by atoms with Crippen molar-refractivity contribution in [2.45, 2.75) is 31.3 Å². The highest BCUT2D eigenvalue weighted by Gasteiger charge is 2.30. The summed E-state index contributed by atoms with van der Waals surface area (Å²) in [5.74, 6) is -0.315. The summed E-state index contributed by atoms with van der Waals surface area (Å²) in [6.07, 6.45) is 2.29. The molecule has 2 N–H and O–H groups in total. The molecule has 0 saturated carbocycles. The Morgan fingerprint density at radius 3 is 2.43 bits per heavy atom. The summed E-state index contributed by atoms with van der Waals surface area (Å²) in [7, 11) is 1.36. The van der Waals surface area contributed by atoms with Gasteiger partial charge in [0.15, 0.2) is 0 Å². The number of carbonyl (C=O) groups is 1. The monoisotopic (exact) mass is 448 g/mol. The largest absolute Gasteiger partial charge is 0.453 e. The molecule has 0 radical (unpaired) electrons. The Labute approximate surface area is 174 Å². The van der Waals surface area contributed by atoms with Gasteiger partial charge in [-0.1, -0.05) is 46.3 Å². The van der Waals surface area contributed by atoms with Crippen LogP contribution < -0.4 is 5.73 Å². The first-order chi connectivity index (χ1) is 13.3. The lowest BCUT2D eigenvalue weighted by atomic mass is 9.84. The summed E-state index contributed by atoms with van der Waals surface area (Å²) in [4.78, 5) is 14.1. The normalized spacial score (nSPS) is 14.0. The van der Waals surface area contributed by atoms with E-state index < -0.39 is 11.6 Å². The lowest BCUT2D eigenvalue weighted by molar-refractivity contribution is 0.103. The minimum absolute atomic E-state index is 0.193. The van der Waals surface area contributed by atoms with E-state index in [1.165, 1.54) is 19.2 Å². The van der Waals surface area contributed by atoms with Crippen LogP contribution in [0.25, 0.3) is 0 Å². The molecular formula is C22H26BrFN2O2. The number of methoxy groups -OCH3 is 1. The zero-order chi connectivity index (χ0) is 20.7. The summed E-state index contributed by atoms with van der Waals surface area (Å²) in [5.41, 5.74) is 7.68. The van der Waals surface area contributed by atoms with Crippen LogP contribution in [-0.2, 0) is 10.3 Å². The Hall–Kier alpha value is -2.18. The average Bonchev–Trinajstić information content (AvgIpc) is 2.69. The molecule has 0 fully saturated rings. The average molecular weight is 449 g/mol. The molecule has 2 unspecified atom stereocenters. The minimum atomic E-state index is -0.763. The predicted molar refractivity (Wildman–Crippen MR) is 113 cm³/mol. The van der Waals surface area contributed by atoms with Gasteiger partial charge in [0, 0.05) is 16.6 Å². The van der Waals surface area contributed by atoms with E-state index in [0.29, 0.717) is 19.4 Å². The highest BCUT2D eigenvalue weighted by molar-refractivity contribution is 9.10. The van der Waals surface area contributed by atoms with Crippen molar-refractivity contribution in [3.05, 3.63) is 82.6 Å². The predicted octanol–water partition coefficient (Wildman–Crippen LogP) is 5.54. The number of rotatable bonds is 8. The molecule has 0 aliphatic rings. The van der Waals surface area contributed by atoms with Crippen LogP contribution >= 0.6 is 15.9 Å². The van der Waals surface area contributed by atoms with E-state index in [4.69, 9.17) is 10.5 Å². The van der Waals surface area contributed by atoms with Crippen molar-refractivity contribution >= 4 is 22.0 Å². The lowest BCUT2D eigenvalue weighted by Gasteiger charge is -2.34. The first kappa shape index (κ1) is 22.1. The highest BCUT2D eigenvalue weighted by Crippen LogP contribution is 2.30. The number of nitrogens with zero attached hydrogens (tertiary/aromatic N) is 1. The van der Waals surface area contributed by atoms with E-state index in [0.717, 1.165) is 15.6 Å². The standard InChI is InChI=1S/C22H26BrFN2O2/c1-4-13-22(25,18-7-11-20(24)12-8-18)14-15-26(21(27)28-3)16(2)17-5-9-19(23)10-6-17/h4-12,16H,1,13-15,25H2,2-3H3. The summed E-state index contributed by atoms with van der Waals surface area (Å²) in [5, 5.41) is 0. The molecule has 28 heavy (non-hydrogen) atoms. The van der Waals surface area contributed by atoms with Crippen LogP contribution in [0.2, 0.25) is 0 Å². The van der Waals surface area contributed by atoms with Gasteiger partial charge in [-0.15, -0.1) is 6.58 Å². The summed E-state index contributed by atoms with van der Waals surface area (Å²) >= 11 is 3.42. The molecule has 2 rings (SSSR count). The van der Waals surface area contributed by atoms with E-state index in [1.54, 1.807) is 23.1 Å². The van der Waals surface area contributed by atoms with E-state index in [9.17, 15) is 9.18 Å². The van der Waals surface area contributed by atoms with Gasteiger partial charge in [0.25, 0.3) is 0 Å². The Kier molecular flexibility index (Phi) is 7.78. The van der Waals surface area contributed by atoms with E-state index in [1.807, 2.05) is 31.2 Å². The zero-order valence-electron chi connectivity index (χ0n) is 16.2. The number of carbonyl (C=O) groups excluding carboxylic acids is 1. The van der Waals surface area contributed by atoms with Crippen molar-refractivity contribution < 1.29 is 13.9 Å². The van der Waals surface area contributed by atoms with Gasteiger partial charge in [-0.25, -0.2) is 9.18 Å². The van der Waals surface area contributed by atoms with Gasteiger partial charge in [-0.2, -0.15) is 0 Å². The number of halogens is 2. The molecule has 0 aromatic heterocycles.